The highest BCUT2D eigenvalue weighted by atomic mass is 127. The quantitative estimate of drug-likeness (QED) is 0.483. The predicted molar refractivity (Wildman–Crippen MR) is 102 cm³/mol. The Hall–Kier alpha value is -0.830. The zero-order valence-corrected chi connectivity index (χ0v) is 16.1. The smallest absolute Gasteiger partial charge is 0.0211 e. The predicted octanol–water partition coefficient (Wildman–Crippen LogP) is 6.55. The lowest BCUT2D eigenvalue weighted by molar-refractivity contribution is 0.589. The van der Waals surface area contributed by atoms with Crippen LogP contribution in [0.1, 0.15) is 52.7 Å². The topological polar surface area (TPSA) is 0 Å². The molecule has 21 heavy (non-hydrogen) atoms. The number of hydrogen-bond acceptors (Lipinski definition) is 0. The normalized spacial score (nSPS) is 12.5. The van der Waals surface area contributed by atoms with Crippen molar-refractivity contribution in [2.75, 3.05) is 0 Å². The van der Waals surface area contributed by atoms with Crippen LogP contribution in [0.3, 0.4) is 0 Å². The van der Waals surface area contributed by atoms with Gasteiger partial charge in [0.1, 0.15) is 0 Å². The van der Waals surface area contributed by atoms with Gasteiger partial charge in [-0.25, -0.2) is 0 Å². The fourth-order valence-corrected chi connectivity index (χ4v) is 3.19. The van der Waals surface area contributed by atoms with Gasteiger partial charge in [0, 0.05) is 3.57 Å². The highest BCUT2D eigenvalue weighted by Gasteiger charge is 2.16. The van der Waals surface area contributed by atoms with E-state index in [1.54, 1.807) is 0 Å². The third kappa shape index (κ3) is 3.88. The van der Waals surface area contributed by atoms with Gasteiger partial charge in [0.2, 0.25) is 0 Å². The molecule has 2 aromatic rings. The van der Waals surface area contributed by atoms with Gasteiger partial charge in [-0.1, -0.05) is 77.9 Å². The van der Waals surface area contributed by atoms with Gasteiger partial charge in [0.05, 0.1) is 0 Å². The van der Waals surface area contributed by atoms with Crippen LogP contribution in [0, 0.1) is 3.57 Å². The van der Waals surface area contributed by atoms with Crippen molar-refractivity contribution >= 4 is 22.6 Å². The van der Waals surface area contributed by atoms with Crippen LogP contribution in [-0.4, -0.2) is 0 Å². The Labute approximate surface area is 143 Å². The Bertz CT molecular complexity index is 622. The Kier molecular flexibility index (Phi) is 4.53. The lowest BCUT2D eigenvalue weighted by Gasteiger charge is -2.21. The van der Waals surface area contributed by atoms with Gasteiger partial charge < -0.3 is 0 Å². The average Bonchev–Trinajstić information content (AvgIpc) is 2.36. The van der Waals surface area contributed by atoms with Crippen LogP contribution in [0.4, 0.5) is 0 Å². The van der Waals surface area contributed by atoms with Crippen LogP contribution < -0.4 is 0 Å². The van der Waals surface area contributed by atoms with Crippen molar-refractivity contribution in [2.24, 2.45) is 0 Å². The van der Waals surface area contributed by atoms with Crippen molar-refractivity contribution in [3.8, 4) is 11.1 Å². The van der Waals surface area contributed by atoms with E-state index in [1.807, 2.05) is 0 Å². The molecule has 0 radical (unpaired) electrons. The maximum absolute atomic E-state index is 2.45. The van der Waals surface area contributed by atoms with E-state index in [2.05, 4.69) is 107 Å². The standard InChI is InChI=1S/C20H25I/c1-19(2,3)15-9-7-14(8-10-15)17-12-11-16(13-18(17)21)20(4,5)6/h7-13H,1-6H3. The SMILES string of the molecule is CC(C)(C)c1ccc(-c2ccc(C(C)(C)C)cc2I)cc1. The van der Waals surface area contributed by atoms with Crippen molar-refractivity contribution in [1.29, 1.82) is 0 Å². The zero-order valence-electron chi connectivity index (χ0n) is 13.9. The Morgan fingerprint density at radius 3 is 1.57 bits per heavy atom. The molecule has 0 atom stereocenters. The lowest BCUT2D eigenvalue weighted by atomic mass is 9.85. The molecule has 112 valence electrons. The maximum Gasteiger partial charge on any atom is 0.0211 e. The number of halogens is 1. The molecule has 0 unspecified atom stereocenters. The third-order valence-corrected chi connectivity index (χ3v) is 4.79. The minimum atomic E-state index is 0.203. The van der Waals surface area contributed by atoms with Crippen molar-refractivity contribution in [1.82, 2.24) is 0 Å². The van der Waals surface area contributed by atoms with Crippen LogP contribution in [0.2, 0.25) is 0 Å². The summed E-state index contributed by atoms with van der Waals surface area (Å²) in [5.41, 5.74) is 5.81. The molecule has 0 amide bonds. The van der Waals surface area contributed by atoms with E-state index in [4.69, 9.17) is 0 Å². The van der Waals surface area contributed by atoms with Crippen LogP contribution in [0.5, 0.6) is 0 Å². The van der Waals surface area contributed by atoms with Crippen LogP contribution in [-0.2, 0) is 10.8 Å². The Balaban J connectivity index is 2.39. The average molecular weight is 392 g/mol. The lowest BCUT2D eigenvalue weighted by Crippen LogP contribution is -2.11. The van der Waals surface area contributed by atoms with Gasteiger partial charge >= 0.3 is 0 Å². The second-order valence-electron chi connectivity index (χ2n) is 7.77. The van der Waals surface area contributed by atoms with Gasteiger partial charge in [-0.3, -0.25) is 0 Å². The van der Waals surface area contributed by atoms with Crippen LogP contribution in [0.15, 0.2) is 42.5 Å². The second-order valence-corrected chi connectivity index (χ2v) is 8.93. The molecular formula is C20H25I. The maximum atomic E-state index is 2.45. The summed E-state index contributed by atoms with van der Waals surface area (Å²) >= 11 is 2.45. The minimum absolute atomic E-state index is 0.203. The van der Waals surface area contributed by atoms with E-state index < -0.39 is 0 Å². The molecule has 2 rings (SSSR count). The van der Waals surface area contributed by atoms with E-state index in [9.17, 15) is 0 Å². The van der Waals surface area contributed by atoms with E-state index in [0.717, 1.165) is 0 Å². The van der Waals surface area contributed by atoms with Gasteiger partial charge in [-0.05, 0) is 61.7 Å². The first-order valence-electron chi connectivity index (χ1n) is 7.50. The Morgan fingerprint density at radius 1 is 0.667 bits per heavy atom. The summed E-state index contributed by atoms with van der Waals surface area (Å²) in [6, 6.07) is 15.8. The first-order valence-corrected chi connectivity index (χ1v) is 8.58. The first kappa shape index (κ1) is 16.5. The molecule has 2 aromatic carbocycles. The molecule has 0 aliphatic rings. The molecule has 0 heterocycles. The summed E-state index contributed by atoms with van der Waals surface area (Å²) in [7, 11) is 0. The summed E-state index contributed by atoms with van der Waals surface area (Å²) in [5.74, 6) is 0. The van der Waals surface area contributed by atoms with Crippen LogP contribution in [0.25, 0.3) is 11.1 Å². The summed E-state index contributed by atoms with van der Waals surface area (Å²) in [4.78, 5) is 0. The molecule has 0 spiro atoms. The summed E-state index contributed by atoms with van der Waals surface area (Å²) < 4.78 is 1.32. The van der Waals surface area contributed by atoms with Crippen molar-refractivity contribution < 1.29 is 0 Å². The van der Waals surface area contributed by atoms with Gasteiger partial charge in [-0.2, -0.15) is 0 Å². The summed E-state index contributed by atoms with van der Waals surface area (Å²) in [5, 5.41) is 0. The molecule has 0 aromatic heterocycles. The highest BCUT2D eigenvalue weighted by Crippen LogP contribution is 2.32. The Morgan fingerprint density at radius 2 is 1.14 bits per heavy atom. The van der Waals surface area contributed by atoms with E-state index in [0.29, 0.717) is 0 Å². The molecule has 1 heteroatoms. The molecular weight excluding hydrogens is 367 g/mol. The summed E-state index contributed by atoms with van der Waals surface area (Å²) in [6.07, 6.45) is 0. The zero-order chi connectivity index (χ0) is 15.8. The molecule has 0 bridgehead atoms. The van der Waals surface area contributed by atoms with E-state index in [1.165, 1.54) is 25.8 Å². The van der Waals surface area contributed by atoms with Crippen molar-refractivity contribution in [3.05, 3.63) is 57.2 Å². The van der Waals surface area contributed by atoms with Gasteiger partial charge in [-0.15, -0.1) is 0 Å². The van der Waals surface area contributed by atoms with Crippen LogP contribution >= 0.6 is 22.6 Å². The third-order valence-electron chi connectivity index (χ3n) is 3.90. The fraction of sp³-hybridized carbons (Fsp3) is 0.400. The van der Waals surface area contributed by atoms with E-state index in [-0.39, 0.29) is 10.8 Å². The molecule has 0 nitrogen and oxygen atoms in total. The molecule has 0 N–H and O–H groups in total. The summed E-state index contributed by atoms with van der Waals surface area (Å²) in [6.45, 7) is 13.5. The van der Waals surface area contributed by atoms with Crippen molar-refractivity contribution in [3.63, 3.8) is 0 Å². The van der Waals surface area contributed by atoms with Crippen molar-refractivity contribution in [2.45, 2.75) is 52.4 Å². The molecule has 0 saturated heterocycles. The van der Waals surface area contributed by atoms with E-state index >= 15 is 0 Å². The first-order chi connectivity index (χ1) is 9.59. The molecule has 0 fully saturated rings. The molecule has 0 saturated carbocycles. The van der Waals surface area contributed by atoms with Gasteiger partial charge in [0.15, 0.2) is 0 Å². The largest absolute Gasteiger partial charge is 0.0579 e. The molecule has 0 aliphatic carbocycles. The number of rotatable bonds is 1. The minimum Gasteiger partial charge on any atom is -0.0579 e. The fourth-order valence-electron chi connectivity index (χ4n) is 2.37. The highest BCUT2D eigenvalue weighted by molar-refractivity contribution is 14.1. The number of hydrogen-bond donors (Lipinski definition) is 0. The number of benzene rings is 2. The van der Waals surface area contributed by atoms with Gasteiger partial charge in [0.25, 0.3) is 0 Å². The molecule has 0 aliphatic heterocycles. The second kappa shape index (κ2) is 5.75. The monoisotopic (exact) mass is 392 g/mol.